The van der Waals surface area contributed by atoms with Crippen molar-refractivity contribution in [2.75, 3.05) is 12.4 Å². The van der Waals surface area contributed by atoms with Crippen LogP contribution in [-0.4, -0.2) is 18.0 Å². The standard InChI is InChI=1S/C16H16N2O2S/c1-20-14-7-5-13(6-8-14)18-16(19)12-4-2-3-11(9-12)10-15(17)21/h2-9H,10H2,1H3,(H2,17,21)(H,18,19). The van der Waals surface area contributed by atoms with E-state index >= 15 is 0 Å². The summed E-state index contributed by atoms with van der Waals surface area (Å²) in [6.45, 7) is 0. The van der Waals surface area contributed by atoms with Gasteiger partial charge in [0.1, 0.15) is 5.75 Å². The van der Waals surface area contributed by atoms with Gasteiger partial charge in [0.05, 0.1) is 12.1 Å². The highest BCUT2D eigenvalue weighted by Gasteiger charge is 2.07. The third-order valence-electron chi connectivity index (χ3n) is 2.92. The van der Waals surface area contributed by atoms with E-state index in [1.165, 1.54) is 0 Å². The van der Waals surface area contributed by atoms with E-state index in [9.17, 15) is 4.79 Å². The maximum Gasteiger partial charge on any atom is 0.255 e. The number of ether oxygens (including phenoxy) is 1. The second-order valence-corrected chi connectivity index (χ2v) is 5.05. The molecule has 5 heteroatoms. The Labute approximate surface area is 128 Å². The number of rotatable bonds is 5. The van der Waals surface area contributed by atoms with Crippen molar-refractivity contribution in [3.63, 3.8) is 0 Å². The summed E-state index contributed by atoms with van der Waals surface area (Å²) in [4.78, 5) is 12.6. The largest absolute Gasteiger partial charge is 0.497 e. The van der Waals surface area contributed by atoms with Crippen molar-refractivity contribution in [3.8, 4) is 5.75 Å². The molecule has 0 bridgehead atoms. The van der Waals surface area contributed by atoms with E-state index < -0.39 is 0 Å². The molecule has 0 saturated carbocycles. The predicted octanol–water partition coefficient (Wildman–Crippen LogP) is 2.78. The Bertz CT molecular complexity index is 654. The van der Waals surface area contributed by atoms with Crippen LogP contribution in [0.4, 0.5) is 5.69 Å². The van der Waals surface area contributed by atoms with Crippen LogP contribution in [0.2, 0.25) is 0 Å². The Morgan fingerprint density at radius 1 is 1.24 bits per heavy atom. The average molecular weight is 300 g/mol. The minimum absolute atomic E-state index is 0.176. The lowest BCUT2D eigenvalue weighted by Gasteiger charge is -2.07. The first-order valence-electron chi connectivity index (χ1n) is 6.41. The summed E-state index contributed by atoms with van der Waals surface area (Å²) in [5.74, 6) is 0.566. The normalized spacial score (nSPS) is 9.95. The van der Waals surface area contributed by atoms with Crippen molar-refractivity contribution in [3.05, 3.63) is 59.7 Å². The van der Waals surface area contributed by atoms with Gasteiger partial charge in [0.2, 0.25) is 0 Å². The van der Waals surface area contributed by atoms with Gasteiger partial charge in [-0.15, -0.1) is 0 Å². The quantitative estimate of drug-likeness (QED) is 0.833. The second-order valence-electron chi connectivity index (χ2n) is 4.53. The van der Waals surface area contributed by atoms with Crippen molar-refractivity contribution < 1.29 is 9.53 Å². The van der Waals surface area contributed by atoms with E-state index in [1.807, 2.05) is 12.1 Å². The number of benzene rings is 2. The minimum atomic E-state index is -0.176. The van der Waals surface area contributed by atoms with E-state index in [1.54, 1.807) is 43.5 Å². The SMILES string of the molecule is COc1ccc(NC(=O)c2cccc(CC(N)=S)c2)cc1. The van der Waals surface area contributed by atoms with Crippen LogP contribution in [0.3, 0.4) is 0 Å². The maximum atomic E-state index is 12.2. The van der Waals surface area contributed by atoms with Gasteiger partial charge in [-0.1, -0.05) is 24.4 Å². The van der Waals surface area contributed by atoms with Crippen LogP contribution in [0.25, 0.3) is 0 Å². The van der Waals surface area contributed by atoms with E-state index in [2.05, 4.69) is 5.32 Å². The zero-order valence-corrected chi connectivity index (χ0v) is 12.4. The number of nitrogens with two attached hydrogens (primary N) is 1. The average Bonchev–Trinajstić information content (AvgIpc) is 2.47. The summed E-state index contributed by atoms with van der Waals surface area (Å²) < 4.78 is 5.07. The van der Waals surface area contributed by atoms with E-state index in [0.717, 1.165) is 11.3 Å². The lowest BCUT2D eigenvalue weighted by atomic mass is 10.1. The molecule has 0 aromatic heterocycles. The Balaban J connectivity index is 2.10. The molecule has 0 aliphatic rings. The van der Waals surface area contributed by atoms with Crippen LogP contribution >= 0.6 is 12.2 Å². The summed E-state index contributed by atoms with van der Waals surface area (Å²) in [7, 11) is 1.60. The van der Waals surface area contributed by atoms with E-state index in [0.29, 0.717) is 22.7 Å². The molecule has 0 saturated heterocycles. The number of hydrogen-bond donors (Lipinski definition) is 2. The van der Waals surface area contributed by atoms with Crippen LogP contribution in [0.5, 0.6) is 5.75 Å². The van der Waals surface area contributed by atoms with Gasteiger partial charge in [-0.05, 0) is 42.0 Å². The number of carbonyl (C=O) groups is 1. The third-order valence-corrected chi connectivity index (χ3v) is 3.06. The van der Waals surface area contributed by atoms with Gasteiger partial charge in [-0.25, -0.2) is 0 Å². The van der Waals surface area contributed by atoms with Crippen LogP contribution in [0.1, 0.15) is 15.9 Å². The summed E-state index contributed by atoms with van der Waals surface area (Å²) >= 11 is 4.88. The third kappa shape index (κ3) is 4.29. The summed E-state index contributed by atoms with van der Waals surface area (Å²) in [5, 5.41) is 2.83. The molecule has 0 radical (unpaired) electrons. The molecular weight excluding hydrogens is 284 g/mol. The summed E-state index contributed by atoms with van der Waals surface area (Å²) in [6, 6.07) is 14.4. The molecule has 0 unspecified atom stereocenters. The van der Waals surface area contributed by atoms with E-state index in [4.69, 9.17) is 22.7 Å². The first-order valence-corrected chi connectivity index (χ1v) is 6.82. The number of carbonyl (C=O) groups excluding carboxylic acids is 1. The van der Waals surface area contributed by atoms with Crippen molar-refractivity contribution >= 4 is 28.8 Å². The molecule has 0 fully saturated rings. The molecule has 21 heavy (non-hydrogen) atoms. The highest BCUT2D eigenvalue weighted by molar-refractivity contribution is 7.80. The number of hydrogen-bond acceptors (Lipinski definition) is 3. The molecule has 0 atom stereocenters. The van der Waals surface area contributed by atoms with Crippen LogP contribution < -0.4 is 15.8 Å². The van der Waals surface area contributed by atoms with Crippen LogP contribution in [0.15, 0.2) is 48.5 Å². The monoisotopic (exact) mass is 300 g/mol. The molecule has 4 nitrogen and oxygen atoms in total. The first-order chi connectivity index (χ1) is 10.1. The fourth-order valence-corrected chi connectivity index (χ4v) is 2.07. The summed E-state index contributed by atoms with van der Waals surface area (Å²) in [5.41, 5.74) is 7.72. The molecule has 2 rings (SSSR count). The van der Waals surface area contributed by atoms with Crippen molar-refractivity contribution in [1.29, 1.82) is 0 Å². The van der Waals surface area contributed by atoms with Gasteiger partial charge >= 0.3 is 0 Å². The van der Waals surface area contributed by atoms with Gasteiger partial charge in [-0.3, -0.25) is 4.79 Å². The molecule has 108 valence electrons. The van der Waals surface area contributed by atoms with Gasteiger partial charge < -0.3 is 15.8 Å². The zero-order chi connectivity index (χ0) is 15.2. The molecule has 0 heterocycles. The lowest BCUT2D eigenvalue weighted by molar-refractivity contribution is 0.102. The van der Waals surface area contributed by atoms with Crippen LogP contribution in [-0.2, 0) is 6.42 Å². The molecule has 3 N–H and O–H groups in total. The Morgan fingerprint density at radius 2 is 1.95 bits per heavy atom. The minimum Gasteiger partial charge on any atom is -0.497 e. The van der Waals surface area contributed by atoms with Crippen molar-refractivity contribution in [2.45, 2.75) is 6.42 Å². The number of nitrogens with one attached hydrogen (secondary N) is 1. The number of amides is 1. The molecule has 2 aromatic carbocycles. The van der Waals surface area contributed by atoms with E-state index in [-0.39, 0.29) is 5.91 Å². The van der Waals surface area contributed by atoms with Gasteiger partial charge in [-0.2, -0.15) is 0 Å². The van der Waals surface area contributed by atoms with Crippen molar-refractivity contribution in [2.24, 2.45) is 5.73 Å². The summed E-state index contributed by atoms with van der Waals surface area (Å²) in [6.07, 6.45) is 0.485. The Morgan fingerprint density at radius 3 is 2.57 bits per heavy atom. The first kappa shape index (κ1) is 15.0. The van der Waals surface area contributed by atoms with Crippen molar-refractivity contribution in [1.82, 2.24) is 0 Å². The molecule has 0 aliphatic carbocycles. The Hall–Kier alpha value is -2.40. The topological polar surface area (TPSA) is 64.3 Å². The van der Waals surface area contributed by atoms with Gasteiger partial charge in [0.15, 0.2) is 0 Å². The Kier molecular flexibility index (Phi) is 4.90. The fraction of sp³-hybridized carbons (Fsp3) is 0.125. The zero-order valence-electron chi connectivity index (χ0n) is 11.6. The number of methoxy groups -OCH3 is 1. The molecule has 1 amide bonds. The molecule has 0 aliphatic heterocycles. The number of anilines is 1. The maximum absolute atomic E-state index is 12.2. The highest BCUT2D eigenvalue weighted by Crippen LogP contribution is 2.16. The lowest BCUT2D eigenvalue weighted by Crippen LogP contribution is -2.14. The molecule has 0 spiro atoms. The molecular formula is C16H16N2O2S. The van der Waals surface area contributed by atoms with Gasteiger partial charge in [0, 0.05) is 17.7 Å². The van der Waals surface area contributed by atoms with Crippen LogP contribution in [0, 0.1) is 0 Å². The fourth-order valence-electron chi connectivity index (χ4n) is 1.90. The highest BCUT2D eigenvalue weighted by atomic mass is 32.1. The molecule has 2 aromatic rings. The second kappa shape index (κ2) is 6.85. The smallest absolute Gasteiger partial charge is 0.255 e. The number of thiocarbonyl (C=S) groups is 1. The predicted molar refractivity (Wildman–Crippen MR) is 87.9 cm³/mol. The van der Waals surface area contributed by atoms with Gasteiger partial charge in [0.25, 0.3) is 5.91 Å².